The summed E-state index contributed by atoms with van der Waals surface area (Å²) in [5, 5.41) is 0. The Balaban J connectivity index is 2.08. The van der Waals surface area contributed by atoms with E-state index in [-0.39, 0.29) is 17.0 Å². The summed E-state index contributed by atoms with van der Waals surface area (Å²) in [7, 11) is -3.53. The van der Waals surface area contributed by atoms with Crippen molar-refractivity contribution in [1.29, 1.82) is 0 Å². The van der Waals surface area contributed by atoms with Gasteiger partial charge >= 0.3 is 5.91 Å². The van der Waals surface area contributed by atoms with Gasteiger partial charge in [0.2, 0.25) is 10.0 Å². The number of furan rings is 1. The minimum Gasteiger partial charge on any atom is -0.459 e. The Hall–Kier alpha value is -2.81. The van der Waals surface area contributed by atoms with E-state index in [1.807, 2.05) is 0 Å². The molecule has 1 aromatic heterocycles. The Morgan fingerprint density at radius 1 is 1.00 bits per heavy atom. The maximum Gasteiger partial charge on any atom is 0.305 e. The van der Waals surface area contributed by atoms with E-state index in [1.165, 1.54) is 30.5 Å². The number of hydrogen-bond donors (Lipinski definition) is 3. The number of amides is 2. The van der Waals surface area contributed by atoms with Crippen LogP contribution in [0.3, 0.4) is 0 Å². The summed E-state index contributed by atoms with van der Waals surface area (Å²) in [5.74, 6) is -1.28. The molecule has 2 aromatic rings. The van der Waals surface area contributed by atoms with Crippen LogP contribution in [0.1, 0.15) is 20.9 Å². The predicted octanol–water partition coefficient (Wildman–Crippen LogP) is 0.726. The second kappa shape index (κ2) is 6.31. The molecule has 0 fully saturated rings. The smallest absolute Gasteiger partial charge is 0.305 e. The Bertz CT molecular complexity index is 784. The van der Waals surface area contributed by atoms with Crippen LogP contribution in [0.5, 0.6) is 0 Å². The largest absolute Gasteiger partial charge is 0.459 e. The zero-order valence-electron chi connectivity index (χ0n) is 11.5. The van der Waals surface area contributed by atoms with Gasteiger partial charge < -0.3 is 4.42 Å². The van der Waals surface area contributed by atoms with Crippen LogP contribution in [0.2, 0.25) is 0 Å². The summed E-state index contributed by atoms with van der Waals surface area (Å²) in [6.45, 7) is 0. The van der Waals surface area contributed by atoms with Crippen molar-refractivity contribution in [1.82, 2.24) is 10.9 Å². The van der Waals surface area contributed by atoms with Gasteiger partial charge in [-0.1, -0.05) is 12.1 Å². The molecule has 0 aliphatic heterocycles. The molecule has 3 N–H and O–H groups in total. The van der Waals surface area contributed by atoms with Crippen LogP contribution >= 0.6 is 0 Å². The van der Waals surface area contributed by atoms with Crippen molar-refractivity contribution < 1.29 is 22.4 Å². The number of carbonyl (C=O) groups excluding carboxylic acids is 2. The number of anilines is 1. The maximum absolute atomic E-state index is 12.0. The van der Waals surface area contributed by atoms with Gasteiger partial charge in [-0.05, 0) is 24.3 Å². The summed E-state index contributed by atoms with van der Waals surface area (Å²) in [5.41, 5.74) is 4.51. The van der Waals surface area contributed by atoms with Crippen LogP contribution in [-0.4, -0.2) is 26.5 Å². The lowest BCUT2D eigenvalue weighted by Gasteiger charge is -2.11. The molecule has 0 spiro atoms. The number of para-hydroxylation sites is 1. The molecule has 2 rings (SSSR count). The number of benzene rings is 1. The van der Waals surface area contributed by atoms with E-state index in [0.29, 0.717) is 0 Å². The molecule has 1 heterocycles. The van der Waals surface area contributed by atoms with Gasteiger partial charge in [0.1, 0.15) is 0 Å². The van der Waals surface area contributed by atoms with E-state index in [0.717, 1.165) is 6.26 Å². The van der Waals surface area contributed by atoms with Crippen molar-refractivity contribution in [2.75, 3.05) is 11.0 Å². The second-order valence-electron chi connectivity index (χ2n) is 4.31. The van der Waals surface area contributed by atoms with Gasteiger partial charge in [0.25, 0.3) is 5.91 Å². The van der Waals surface area contributed by atoms with Crippen LogP contribution < -0.4 is 15.6 Å². The monoisotopic (exact) mass is 323 g/mol. The summed E-state index contributed by atoms with van der Waals surface area (Å²) in [6.07, 6.45) is 2.29. The molecule has 0 atom stereocenters. The van der Waals surface area contributed by atoms with E-state index < -0.39 is 21.8 Å². The fourth-order valence-corrected chi connectivity index (χ4v) is 2.20. The summed E-state index contributed by atoms with van der Waals surface area (Å²) in [6, 6.07) is 8.96. The molecule has 0 aliphatic carbocycles. The minimum atomic E-state index is -3.53. The lowest BCUT2D eigenvalue weighted by atomic mass is 10.2. The van der Waals surface area contributed by atoms with Crippen LogP contribution in [-0.2, 0) is 10.0 Å². The van der Waals surface area contributed by atoms with Crippen molar-refractivity contribution in [3.63, 3.8) is 0 Å². The summed E-state index contributed by atoms with van der Waals surface area (Å²) < 4.78 is 29.6. The number of sulfonamides is 1. The molecular formula is C13H13N3O5S. The third kappa shape index (κ3) is 4.09. The third-order valence-corrected chi connectivity index (χ3v) is 3.09. The van der Waals surface area contributed by atoms with Crippen LogP contribution in [0.15, 0.2) is 47.1 Å². The molecule has 9 heteroatoms. The first-order chi connectivity index (χ1) is 10.4. The highest BCUT2D eigenvalue weighted by molar-refractivity contribution is 7.92. The molecule has 0 bridgehead atoms. The Morgan fingerprint density at radius 2 is 1.68 bits per heavy atom. The van der Waals surface area contributed by atoms with Gasteiger partial charge in [-0.25, -0.2) is 8.42 Å². The van der Waals surface area contributed by atoms with Gasteiger partial charge in [-0.3, -0.25) is 25.2 Å². The fraction of sp³-hybridized carbons (Fsp3) is 0.0769. The molecule has 116 valence electrons. The van der Waals surface area contributed by atoms with Gasteiger partial charge in [0.15, 0.2) is 5.76 Å². The maximum atomic E-state index is 12.0. The van der Waals surface area contributed by atoms with Crippen LogP contribution in [0.4, 0.5) is 5.69 Å². The molecule has 22 heavy (non-hydrogen) atoms. The lowest BCUT2D eigenvalue weighted by Crippen LogP contribution is -2.41. The molecule has 0 unspecified atom stereocenters. The normalized spacial score (nSPS) is 10.8. The molecule has 0 radical (unpaired) electrons. The van der Waals surface area contributed by atoms with Gasteiger partial charge in [-0.15, -0.1) is 0 Å². The van der Waals surface area contributed by atoms with Crippen LogP contribution in [0.25, 0.3) is 0 Å². The Labute approximate surface area is 126 Å². The van der Waals surface area contributed by atoms with E-state index in [4.69, 9.17) is 4.42 Å². The molecule has 0 aliphatic rings. The molecule has 2 amide bonds. The number of hydrazine groups is 1. The zero-order chi connectivity index (χ0) is 16.2. The molecular weight excluding hydrogens is 310 g/mol. The average Bonchev–Trinajstić information content (AvgIpc) is 2.97. The SMILES string of the molecule is CS(=O)(=O)Nc1ccccc1C(=O)NNC(=O)c1ccco1. The fourth-order valence-electron chi connectivity index (χ4n) is 1.62. The highest BCUT2D eigenvalue weighted by Crippen LogP contribution is 2.15. The quantitative estimate of drug-likeness (QED) is 0.717. The number of rotatable bonds is 4. The highest BCUT2D eigenvalue weighted by Gasteiger charge is 2.15. The molecule has 0 saturated carbocycles. The van der Waals surface area contributed by atoms with E-state index >= 15 is 0 Å². The standard InChI is InChI=1S/C13H13N3O5S/c1-22(19,20)16-10-6-3-2-5-9(10)12(17)14-15-13(18)11-7-4-8-21-11/h2-8,16H,1H3,(H,14,17)(H,15,18). The summed E-state index contributed by atoms with van der Waals surface area (Å²) >= 11 is 0. The minimum absolute atomic E-state index is 0.0304. The predicted molar refractivity (Wildman–Crippen MR) is 78.5 cm³/mol. The van der Waals surface area contributed by atoms with Crippen LogP contribution in [0, 0.1) is 0 Å². The topological polar surface area (TPSA) is 118 Å². The molecule has 1 aromatic carbocycles. The van der Waals surface area contributed by atoms with Crippen molar-refractivity contribution in [3.05, 3.63) is 54.0 Å². The first-order valence-corrected chi connectivity index (χ1v) is 7.97. The average molecular weight is 323 g/mol. The number of carbonyl (C=O) groups is 2. The highest BCUT2D eigenvalue weighted by atomic mass is 32.2. The van der Waals surface area contributed by atoms with Crippen molar-refractivity contribution in [2.45, 2.75) is 0 Å². The van der Waals surface area contributed by atoms with Gasteiger partial charge in [0.05, 0.1) is 23.8 Å². The van der Waals surface area contributed by atoms with E-state index in [1.54, 1.807) is 12.1 Å². The Morgan fingerprint density at radius 3 is 2.32 bits per heavy atom. The van der Waals surface area contributed by atoms with Crippen molar-refractivity contribution in [2.24, 2.45) is 0 Å². The second-order valence-corrected chi connectivity index (χ2v) is 6.05. The Kier molecular flexibility index (Phi) is 4.47. The van der Waals surface area contributed by atoms with E-state index in [2.05, 4.69) is 15.6 Å². The lowest BCUT2D eigenvalue weighted by molar-refractivity contribution is 0.0831. The van der Waals surface area contributed by atoms with Crippen molar-refractivity contribution >= 4 is 27.5 Å². The molecule has 8 nitrogen and oxygen atoms in total. The first-order valence-electron chi connectivity index (χ1n) is 6.08. The van der Waals surface area contributed by atoms with Crippen molar-refractivity contribution in [3.8, 4) is 0 Å². The number of hydrogen-bond acceptors (Lipinski definition) is 5. The van der Waals surface area contributed by atoms with E-state index in [9.17, 15) is 18.0 Å². The third-order valence-electron chi connectivity index (χ3n) is 2.50. The zero-order valence-corrected chi connectivity index (χ0v) is 12.3. The number of nitrogens with one attached hydrogen (secondary N) is 3. The molecule has 0 saturated heterocycles. The van der Waals surface area contributed by atoms with Gasteiger partial charge in [0, 0.05) is 0 Å². The van der Waals surface area contributed by atoms with Gasteiger partial charge in [-0.2, -0.15) is 0 Å². The first kappa shape index (κ1) is 15.6. The summed E-state index contributed by atoms with van der Waals surface area (Å²) in [4.78, 5) is 23.7.